The first-order valence-electron chi connectivity index (χ1n) is 9.05. The number of nitrogens with one attached hydrogen (secondary N) is 1. The van der Waals surface area contributed by atoms with Gasteiger partial charge in [0.1, 0.15) is 18.1 Å². The molecule has 28 heavy (non-hydrogen) atoms. The number of carbonyl (C=O) groups excluding carboxylic acids is 1. The van der Waals surface area contributed by atoms with Gasteiger partial charge in [-0.3, -0.25) is 4.79 Å². The molecule has 0 aliphatic carbocycles. The fourth-order valence-corrected chi connectivity index (χ4v) is 3.53. The number of fused-ring (bicyclic) bond motifs is 1. The lowest BCUT2D eigenvalue weighted by Gasteiger charge is -2.28. The Morgan fingerprint density at radius 3 is 2.82 bits per heavy atom. The summed E-state index contributed by atoms with van der Waals surface area (Å²) in [6, 6.07) is 13.3. The predicted molar refractivity (Wildman–Crippen MR) is 104 cm³/mol. The van der Waals surface area contributed by atoms with Gasteiger partial charge in [0.05, 0.1) is 19.4 Å². The van der Waals surface area contributed by atoms with E-state index in [0.717, 1.165) is 22.6 Å². The minimum Gasteiger partial charge on any atom is -0.497 e. The van der Waals surface area contributed by atoms with E-state index in [1.807, 2.05) is 42.6 Å². The number of hydrogen-bond acceptors (Lipinski definition) is 5. The molecule has 7 heteroatoms. The van der Waals surface area contributed by atoms with E-state index in [1.54, 1.807) is 24.1 Å². The van der Waals surface area contributed by atoms with Crippen LogP contribution in [0, 0.1) is 0 Å². The van der Waals surface area contributed by atoms with Crippen molar-refractivity contribution < 1.29 is 19.4 Å². The van der Waals surface area contributed by atoms with Crippen molar-refractivity contribution in [3.63, 3.8) is 0 Å². The number of hydrogen-bond donors (Lipinski definition) is 2. The summed E-state index contributed by atoms with van der Waals surface area (Å²) in [7, 11) is 1.62. The van der Waals surface area contributed by atoms with Crippen molar-refractivity contribution in [1.82, 2.24) is 9.78 Å². The van der Waals surface area contributed by atoms with Crippen molar-refractivity contribution in [3.05, 3.63) is 66.0 Å². The molecule has 0 saturated heterocycles. The Morgan fingerprint density at radius 1 is 1.21 bits per heavy atom. The van der Waals surface area contributed by atoms with Gasteiger partial charge in [0.25, 0.3) is 0 Å². The quantitative estimate of drug-likeness (QED) is 0.688. The Labute approximate surface area is 162 Å². The van der Waals surface area contributed by atoms with Crippen molar-refractivity contribution >= 4 is 11.6 Å². The van der Waals surface area contributed by atoms with Gasteiger partial charge in [0.2, 0.25) is 5.91 Å². The molecule has 1 aromatic heterocycles. The molecule has 4 rings (SSSR count). The number of aliphatic hydroxyl groups excluding tert-OH is 1. The minimum absolute atomic E-state index is 0.0638. The van der Waals surface area contributed by atoms with Crippen LogP contribution in [0.1, 0.15) is 23.5 Å². The highest BCUT2D eigenvalue weighted by Crippen LogP contribution is 2.41. The van der Waals surface area contributed by atoms with Crippen LogP contribution in [-0.2, 0) is 4.79 Å². The zero-order valence-corrected chi connectivity index (χ0v) is 15.5. The molecule has 0 radical (unpaired) electrons. The maximum Gasteiger partial charge on any atom is 0.225 e. The molecule has 2 heterocycles. The first-order valence-corrected chi connectivity index (χ1v) is 9.05. The van der Waals surface area contributed by atoms with Crippen molar-refractivity contribution in [2.45, 2.75) is 12.3 Å². The van der Waals surface area contributed by atoms with Gasteiger partial charge < -0.3 is 19.9 Å². The summed E-state index contributed by atoms with van der Waals surface area (Å²) in [5, 5.41) is 16.2. The van der Waals surface area contributed by atoms with Gasteiger partial charge in [-0.1, -0.05) is 6.07 Å². The van der Waals surface area contributed by atoms with Gasteiger partial charge in [-0.25, -0.2) is 4.68 Å². The Morgan fingerprint density at radius 2 is 2.07 bits per heavy atom. The molecule has 1 amide bonds. The van der Waals surface area contributed by atoms with Gasteiger partial charge in [-0.2, -0.15) is 5.10 Å². The van der Waals surface area contributed by atoms with Crippen LogP contribution in [0.2, 0.25) is 0 Å². The third-order valence-electron chi connectivity index (χ3n) is 4.79. The van der Waals surface area contributed by atoms with Crippen LogP contribution in [0.4, 0.5) is 5.69 Å². The Balaban J connectivity index is 1.81. The fraction of sp³-hybridized carbons (Fsp3) is 0.238. The number of amides is 1. The number of carbonyl (C=O) groups is 1. The molecule has 0 spiro atoms. The molecule has 1 aliphatic rings. The number of anilines is 1. The SMILES string of the molecule is COc1ccc(-n2cccn2)c(C2CC(=O)Nc3cc(OCCO)ccc32)c1. The fourth-order valence-electron chi connectivity index (χ4n) is 3.53. The lowest BCUT2D eigenvalue weighted by Crippen LogP contribution is -2.24. The van der Waals surface area contributed by atoms with E-state index in [1.165, 1.54) is 0 Å². The topological polar surface area (TPSA) is 85.6 Å². The number of rotatable bonds is 6. The van der Waals surface area contributed by atoms with Crippen LogP contribution in [0.3, 0.4) is 0 Å². The molecular formula is C21H21N3O4. The van der Waals surface area contributed by atoms with E-state index in [0.29, 0.717) is 17.9 Å². The number of aliphatic hydroxyl groups is 1. The zero-order valence-electron chi connectivity index (χ0n) is 15.5. The average Bonchev–Trinajstić information content (AvgIpc) is 3.25. The highest BCUT2D eigenvalue weighted by Gasteiger charge is 2.29. The standard InChI is InChI=1S/C21H21N3O4/c1-27-14-4-6-20(24-8-2-7-22-24)18(11-14)17-13-21(26)23-19-12-15(28-10-9-25)3-5-16(17)19/h2-8,11-12,17,25H,9-10,13H2,1H3,(H,23,26). The van der Waals surface area contributed by atoms with Gasteiger partial charge >= 0.3 is 0 Å². The van der Waals surface area contributed by atoms with Crippen LogP contribution < -0.4 is 14.8 Å². The Hall–Kier alpha value is -3.32. The van der Waals surface area contributed by atoms with Crippen LogP contribution in [-0.4, -0.2) is 41.1 Å². The molecule has 1 unspecified atom stereocenters. The first kappa shape index (κ1) is 18.1. The van der Waals surface area contributed by atoms with E-state index in [9.17, 15) is 4.79 Å². The smallest absolute Gasteiger partial charge is 0.225 e. The molecule has 3 aromatic rings. The second-order valence-electron chi connectivity index (χ2n) is 6.50. The normalized spacial score (nSPS) is 15.6. The Bertz CT molecular complexity index is 985. The summed E-state index contributed by atoms with van der Waals surface area (Å²) < 4.78 is 12.7. The summed E-state index contributed by atoms with van der Waals surface area (Å²) in [5.74, 6) is 1.11. The molecule has 0 fully saturated rings. The van der Waals surface area contributed by atoms with Crippen molar-refractivity contribution in [2.75, 3.05) is 25.6 Å². The van der Waals surface area contributed by atoms with Gasteiger partial charge in [-0.05, 0) is 41.5 Å². The molecule has 1 aliphatic heterocycles. The number of benzene rings is 2. The summed E-state index contributed by atoms with van der Waals surface area (Å²) in [6.45, 7) is 0.138. The van der Waals surface area contributed by atoms with E-state index < -0.39 is 0 Å². The maximum absolute atomic E-state index is 12.4. The molecule has 0 bridgehead atoms. The summed E-state index contributed by atoms with van der Waals surface area (Å²) in [5.41, 5.74) is 3.57. The molecule has 7 nitrogen and oxygen atoms in total. The average molecular weight is 379 g/mol. The van der Waals surface area contributed by atoms with Crippen LogP contribution in [0.25, 0.3) is 5.69 Å². The lowest BCUT2D eigenvalue weighted by molar-refractivity contribution is -0.116. The number of aromatic nitrogens is 2. The third-order valence-corrected chi connectivity index (χ3v) is 4.79. The van der Waals surface area contributed by atoms with Crippen LogP contribution in [0.5, 0.6) is 11.5 Å². The van der Waals surface area contributed by atoms with Gasteiger partial charge in [0, 0.05) is 36.5 Å². The molecule has 1 atom stereocenters. The predicted octanol–water partition coefficient (Wildman–Crippen LogP) is 2.73. The maximum atomic E-state index is 12.4. The summed E-state index contributed by atoms with van der Waals surface area (Å²) in [4.78, 5) is 12.4. The van der Waals surface area contributed by atoms with E-state index in [-0.39, 0.29) is 25.0 Å². The lowest BCUT2D eigenvalue weighted by atomic mass is 9.83. The monoisotopic (exact) mass is 379 g/mol. The summed E-state index contributed by atoms with van der Waals surface area (Å²) >= 11 is 0. The second-order valence-corrected chi connectivity index (χ2v) is 6.50. The second kappa shape index (κ2) is 7.74. The molecule has 0 saturated carbocycles. The van der Waals surface area contributed by atoms with Crippen molar-refractivity contribution in [3.8, 4) is 17.2 Å². The van der Waals surface area contributed by atoms with Gasteiger partial charge in [0.15, 0.2) is 0 Å². The van der Waals surface area contributed by atoms with Crippen molar-refractivity contribution in [1.29, 1.82) is 0 Å². The Kier molecular flexibility index (Phi) is 4.99. The summed E-state index contributed by atoms with van der Waals surface area (Å²) in [6.07, 6.45) is 3.92. The number of methoxy groups -OCH3 is 1. The largest absolute Gasteiger partial charge is 0.497 e. The first-order chi connectivity index (χ1) is 13.7. The van der Waals surface area contributed by atoms with Crippen LogP contribution in [0.15, 0.2) is 54.9 Å². The van der Waals surface area contributed by atoms with Crippen LogP contribution >= 0.6 is 0 Å². The molecule has 2 N–H and O–H groups in total. The molecule has 2 aromatic carbocycles. The number of ether oxygens (including phenoxy) is 2. The molecular weight excluding hydrogens is 358 g/mol. The van der Waals surface area contributed by atoms with Gasteiger partial charge in [-0.15, -0.1) is 0 Å². The highest BCUT2D eigenvalue weighted by atomic mass is 16.5. The minimum atomic E-state index is -0.148. The van der Waals surface area contributed by atoms with E-state index in [4.69, 9.17) is 14.6 Å². The van der Waals surface area contributed by atoms with E-state index >= 15 is 0 Å². The van der Waals surface area contributed by atoms with E-state index in [2.05, 4.69) is 10.4 Å². The van der Waals surface area contributed by atoms with Crippen molar-refractivity contribution in [2.24, 2.45) is 0 Å². The highest BCUT2D eigenvalue weighted by molar-refractivity contribution is 5.95. The number of nitrogens with zero attached hydrogens (tertiary/aromatic N) is 2. The third kappa shape index (κ3) is 3.44. The zero-order chi connectivity index (χ0) is 19.5. The molecule has 144 valence electrons.